The number of rotatable bonds is 4. The molecular weight excluding hydrogens is 246 g/mol. The van der Waals surface area contributed by atoms with E-state index in [-0.39, 0.29) is 12.5 Å². The van der Waals surface area contributed by atoms with Crippen molar-refractivity contribution in [1.82, 2.24) is 5.16 Å². The third-order valence-corrected chi connectivity index (χ3v) is 2.69. The number of para-hydroxylation sites is 2. The van der Waals surface area contributed by atoms with Gasteiger partial charge in [-0.15, -0.1) is 0 Å². The lowest BCUT2D eigenvalue weighted by Crippen LogP contribution is -2.20. The van der Waals surface area contributed by atoms with Gasteiger partial charge in [-0.1, -0.05) is 17.3 Å². The number of nitrogens with two attached hydrogens (primary N) is 1. The molecular formula is C13H15N3O3. The minimum Gasteiger partial charge on any atom is -0.482 e. The summed E-state index contributed by atoms with van der Waals surface area (Å²) >= 11 is 0. The molecule has 0 bridgehead atoms. The third-order valence-electron chi connectivity index (χ3n) is 2.69. The van der Waals surface area contributed by atoms with Crippen LogP contribution in [0.4, 0.5) is 11.6 Å². The van der Waals surface area contributed by atoms with Gasteiger partial charge < -0.3 is 15.0 Å². The van der Waals surface area contributed by atoms with Crippen LogP contribution in [0.2, 0.25) is 0 Å². The predicted octanol–water partition coefficient (Wildman–Crippen LogP) is 1.89. The summed E-state index contributed by atoms with van der Waals surface area (Å²) in [5, 5.41) is 6.34. The summed E-state index contributed by atoms with van der Waals surface area (Å²) in [7, 11) is 0. The molecule has 0 spiro atoms. The molecule has 0 saturated heterocycles. The van der Waals surface area contributed by atoms with E-state index in [1.54, 1.807) is 31.2 Å². The molecule has 0 unspecified atom stereocenters. The zero-order valence-corrected chi connectivity index (χ0v) is 10.8. The second-order valence-corrected chi connectivity index (χ2v) is 4.10. The van der Waals surface area contributed by atoms with E-state index in [0.717, 1.165) is 11.3 Å². The van der Waals surface area contributed by atoms with Gasteiger partial charge in [-0.25, -0.2) is 0 Å². The molecule has 0 fully saturated rings. The molecule has 2 rings (SSSR count). The van der Waals surface area contributed by atoms with E-state index in [1.165, 1.54) is 0 Å². The van der Waals surface area contributed by atoms with E-state index in [4.69, 9.17) is 15.0 Å². The Morgan fingerprint density at radius 3 is 2.79 bits per heavy atom. The highest BCUT2D eigenvalue weighted by Gasteiger charge is 2.12. The van der Waals surface area contributed by atoms with Gasteiger partial charge >= 0.3 is 0 Å². The molecule has 3 N–H and O–H groups in total. The lowest BCUT2D eigenvalue weighted by molar-refractivity contribution is -0.118. The molecule has 0 aliphatic rings. The average molecular weight is 261 g/mol. The topological polar surface area (TPSA) is 90.4 Å². The van der Waals surface area contributed by atoms with Gasteiger partial charge in [0.15, 0.2) is 6.61 Å². The maximum Gasteiger partial charge on any atom is 0.264 e. The molecule has 6 heteroatoms. The summed E-state index contributed by atoms with van der Waals surface area (Å²) in [6.45, 7) is 3.47. The quantitative estimate of drug-likeness (QED) is 0.820. The Balaban J connectivity index is 1.92. The fourth-order valence-electron chi connectivity index (χ4n) is 1.45. The number of benzene rings is 1. The van der Waals surface area contributed by atoms with Gasteiger partial charge in [0, 0.05) is 5.56 Å². The second-order valence-electron chi connectivity index (χ2n) is 4.10. The number of hydrogen-bond acceptors (Lipinski definition) is 5. The van der Waals surface area contributed by atoms with Crippen molar-refractivity contribution in [2.75, 3.05) is 17.7 Å². The molecule has 0 radical (unpaired) electrons. The average Bonchev–Trinajstić information content (AvgIpc) is 2.70. The summed E-state index contributed by atoms with van der Waals surface area (Å²) in [6.07, 6.45) is 0. The predicted molar refractivity (Wildman–Crippen MR) is 71.0 cm³/mol. The zero-order chi connectivity index (χ0) is 13.8. The number of aryl methyl sites for hydroxylation is 1. The Bertz CT molecular complexity index is 593. The molecule has 0 atom stereocenters. The monoisotopic (exact) mass is 261 g/mol. The number of nitrogens with zero attached hydrogens (tertiary/aromatic N) is 1. The maximum atomic E-state index is 11.7. The molecule has 1 aromatic carbocycles. The number of carbonyl (C=O) groups is 1. The Hall–Kier alpha value is -2.50. The molecule has 1 heterocycles. The van der Waals surface area contributed by atoms with Crippen LogP contribution in [-0.2, 0) is 4.79 Å². The number of amides is 1. The van der Waals surface area contributed by atoms with Gasteiger partial charge in [0.2, 0.25) is 5.88 Å². The summed E-state index contributed by atoms with van der Waals surface area (Å²) in [5.74, 6) is 0.484. The van der Waals surface area contributed by atoms with Crippen molar-refractivity contribution >= 4 is 17.5 Å². The lowest BCUT2D eigenvalue weighted by atomic mass is 10.3. The van der Waals surface area contributed by atoms with Crippen LogP contribution in [0.5, 0.6) is 5.75 Å². The number of nitrogens with one attached hydrogen (secondary N) is 1. The second kappa shape index (κ2) is 5.43. The van der Waals surface area contributed by atoms with Crippen LogP contribution >= 0.6 is 0 Å². The van der Waals surface area contributed by atoms with Crippen LogP contribution < -0.4 is 15.8 Å². The first kappa shape index (κ1) is 12.9. The number of carbonyl (C=O) groups excluding carboxylic acids is 1. The van der Waals surface area contributed by atoms with Crippen molar-refractivity contribution in [3.8, 4) is 5.75 Å². The Morgan fingerprint density at radius 2 is 2.16 bits per heavy atom. The van der Waals surface area contributed by atoms with Gasteiger partial charge in [-0.2, -0.15) is 0 Å². The van der Waals surface area contributed by atoms with E-state index in [9.17, 15) is 4.79 Å². The minimum atomic E-state index is -0.331. The first-order valence-corrected chi connectivity index (χ1v) is 5.78. The fraction of sp³-hybridized carbons (Fsp3) is 0.231. The summed E-state index contributed by atoms with van der Waals surface area (Å²) in [6, 6.07) is 6.99. The van der Waals surface area contributed by atoms with Crippen molar-refractivity contribution < 1.29 is 14.1 Å². The molecule has 1 amide bonds. The standard InChI is InChI=1S/C13H15N3O3/c1-8-9(2)16-19-13(8)15-12(17)7-18-11-6-4-3-5-10(11)14/h3-6H,7,14H2,1-2H3,(H,15,17). The van der Waals surface area contributed by atoms with Crippen LogP contribution in [0.1, 0.15) is 11.3 Å². The van der Waals surface area contributed by atoms with Crippen LogP contribution in [0.25, 0.3) is 0 Å². The fourth-order valence-corrected chi connectivity index (χ4v) is 1.45. The highest BCUT2D eigenvalue weighted by Crippen LogP contribution is 2.20. The number of anilines is 2. The van der Waals surface area contributed by atoms with Gasteiger partial charge in [0.25, 0.3) is 5.91 Å². The molecule has 2 aromatic rings. The van der Waals surface area contributed by atoms with Crippen LogP contribution in [0, 0.1) is 13.8 Å². The van der Waals surface area contributed by atoms with E-state index in [1.807, 2.05) is 6.92 Å². The van der Waals surface area contributed by atoms with Gasteiger partial charge in [-0.3, -0.25) is 10.1 Å². The van der Waals surface area contributed by atoms with Gasteiger partial charge in [0.05, 0.1) is 11.4 Å². The number of ether oxygens (including phenoxy) is 1. The largest absolute Gasteiger partial charge is 0.482 e. The van der Waals surface area contributed by atoms with Crippen molar-refractivity contribution in [3.63, 3.8) is 0 Å². The highest BCUT2D eigenvalue weighted by molar-refractivity contribution is 5.91. The zero-order valence-electron chi connectivity index (χ0n) is 10.8. The first-order valence-electron chi connectivity index (χ1n) is 5.78. The Labute approximate surface area is 110 Å². The molecule has 0 aliphatic carbocycles. The van der Waals surface area contributed by atoms with Crippen LogP contribution in [0.15, 0.2) is 28.8 Å². The molecule has 19 heavy (non-hydrogen) atoms. The lowest BCUT2D eigenvalue weighted by Gasteiger charge is -2.07. The Kier molecular flexibility index (Phi) is 3.70. The van der Waals surface area contributed by atoms with Crippen LogP contribution in [0.3, 0.4) is 0 Å². The molecule has 1 aromatic heterocycles. The normalized spacial score (nSPS) is 10.2. The molecule has 6 nitrogen and oxygen atoms in total. The number of nitrogen functional groups attached to an aromatic ring is 1. The highest BCUT2D eigenvalue weighted by atomic mass is 16.5. The molecule has 0 aliphatic heterocycles. The third kappa shape index (κ3) is 3.04. The van der Waals surface area contributed by atoms with E-state index >= 15 is 0 Å². The van der Waals surface area contributed by atoms with E-state index in [0.29, 0.717) is 17.3 Å². The first-order chi connectivity index (χ1) is 9.08. The van der Waals surface area contributed by atoms with Crippen molar-refractivity contribution in [3.05, 3.63) is 35.5 Å². The molecule has 0 saturated carbocycles. The maximum absolute atomic E-state index is 11.7. The smallest absolute Gasteiger partial charge is 0.264 e. The molecule has 100 valence electrons. The van der Waals surface area contributed by atoms with Crippen LogP contribution in [-0.4, -0.2) is 17.7 Å². The number of aromatic nitrogens is 1. The van der Waals surface area contributed by atoms with Crippen molar-refractivity contribution in [1.29, 1.82) is 0 Å². The van der Waals surface area contributed by atoms with Gasteiger partial charge in [0.1, 0.15) is 5.75 Å². The minimum absolute atomic E-state index is 0.145. The van der Waals surface area contributed by atoms with E-state index in [2.05, 4.69) is 10.5 Å². The number of hydrogen-bond donors (Lipinski definition) is 2. The van der Waals surface area contributed by atoms with E-state index < -0.39 is 0 Å². The van der Waals surface area contributed by atoms with Crippen molar-refractivity contribution in [2.24, 2.45) is 0 Å². The SMILES string of the molecule is Cc1noc(NC(=O)COc2ccccc2N)c1C. The Morgan fingerprint density at radius 1 is 1.42 bits per heavy atom. The van der Waals surface area contributed by atoms with Crippen molar-refractivity contribution in [2.45, 2.75) is 13.8 Å². The summed E-state index contributed by atoms with van der Waals surface area (Å²) in [5.41, 5.74) is 7.73. The summed E-state index contributed by atoms with van der Waals surface area (Å²) in [4.78, 5) is 11.7. The summed E-state index contributed by atoms with van der Waals surface area (Å²) < 4.78 is 10.3. The van der Waals surface area contributed by atoms with Gasteiger partial charge in [-0.05, 0) is 26.0 Å².